The number of hydrogen-bond acceptors (Lipinski definition) is 4. The fourth-order valence-electron chi connectivity index (χ4n) is 2.85. The number of amides is 1. The van der Waals surface area contributed by atoms with Gasteiger partial charge >= 0.3 is 0 Å². The highest BCUT2D eigenvalue weighted by Gasteiger charge is 2.22. The Morgan fingerprint density at radius 3 is 2.27 bits per heavy atom. The van der Waals surface area contributed by atoms with Gasteiger partial charge in [0, 0.05) is 31.6 Å². The van der Waals surface area contributed by atoms with E-state index in [0.29, 0.717) is 11.4 Å². The average molecular weight is 356 g/mol. The van der Waals surface area contributed by atoms with Crippen molar-refractivity contribution in [3.8, 4) is 0 Å². The van der Waals surface area contributed by atoms with Gasteiger partial charge in [-0.15, -0.1) is 0 Å². The van der Waals surface area contributed by atoms with Gasteiger partial charge in [0.2, 0.25) is 5.91 Å². The number of nitrogens with zero attached hydrogens (tertiary/aromatic N) is 3. The molecule has 2 heterocycles. The molecule has 1 saturated heterocycles. The van der Waals surface area contributed by atoms with Crippen molar-refractivity contribution in [1.29, 1.82) is 0 Å². The lowest BCUT2D eigenvalue weighted by molar-refractivity contribution is -0.123. The van der Waals surface area contributed by atoms with Crippen molar-refractivity contribution in [1.82, 2.24) is 4.98 Å². The molecule has 0 bridgehead atoms. The van der Waals surface area contributed by atoms with Crippen LogP contribution in [0.15, 0.2) is 42.6 Å². The first-order valence-corrected chi connectivity index (χ1v) is 8.86. The number of hydrogen-bond donors (Lipinski definition) is 1. The Labute approximate surface area is 153 Å². The zero-order chi connectivity index (χ0) is 18.7. The molecule has 138 valence electrons. The number of halogens is 1. The third kappa shape index (κ3) is 4.12. The zero-order valence-corrected chi connectivity index (χ0v) is 15.5. The van der Waals surface area contributed by atoms with Crippen LogP contribution in [-0.2, 0) is 4.79 Å². The largest absolute Gasteiger partial charge is 0.366 e. The quantitative estimate of drug-likeness (QED) is 0.914. The molecule has 1 aromatic heterocycles. The van der Waals surface area contributed by atoms with Crippen LogP contribution in [0, 0.1) is 11.2 Å². The summed E-state index contributed by atoms with van der Waals surface area (Å²) < 4.78 is 13.9. The smallest absolute Gasteiger partial charge is 0.229 e. The van der Waals surface area contributed by atoms with E-state index in [1.165, 1.54) is 6.07 Å². The van der Waals surface area contributed by atoms with Crippen LogP contribution < -0.4 is 15.1 Å². The number of piperazine rings is 1. The molecule has 1 N–H and O–H groups in total. The Bertz CT molecular complexity index is 762. The maximum absolute atomic E-state index is 13.9. The van der Waals surface area contributed by atoms with Crippen LogP contribution in [0.2, 0.25) is 0 Å². The summed E-state index contributed by atoms with van der Waals surface area (Å²) in [6, 6.07) is 10.7. The number of rotatable bonds is 3. The molecule has 1 aromatic carbocycles. The number of benzene rings is 1. The lowest BCUT2D eigenvalue weighted by atomic mass is 9.96. The third-order valence-electron chi connectivity index (χ3n) is 4.48. The standard InChI is InChI=1S/C20H25FN4O/c1-20(2,3)19(26)23-15-8-9-18(22-14-15)25-12-10-24(11-13-25)17-7-5-4-6-16(17)21/h4-9,14H,10-13H2,1-3H3,(H,23,26). The van der Waals surface area contributed by atoms with Crippen LogP contribution in [0.4, 0.5) is 21.6 Å². The van der Waals surface area contributed by atoms with Gasteiger partial charge in [0.1, 0.15) is 11.6 Å². The van der Waals surface area contributed by atoms with Crippen LogP contribution in [0.1, 0.15) is 20.8 Å². The lowest BCUT2D eigenvalue weighted by Gasteiger charge is -2.36. The summed E-state index contributed by atoms with van der Waals surface area (Å²) in [7, 11) is 0. The van der Waals surface area contributed by atoms with E-state index >= 15 is 0 Å². The van der Waals surface area contributed by atoms with Gasteiger partial charge < -0.3 is 15.1 Å². The Balaban J connectivity index is 1.60. The van der Waals surface area contributed by atoms with Gasteiger partial charge in [-0.2, -0.15) is 0 Å². The Kier molecular flexibility index (Phi) is 5.11. The van der Waals surface area contributed by atoms with Crippen molar-refractivity contribution in [2.75, 3.05) is 41.3 Å². The molecular weight excluding hydrogens is 331 g/mol. The van der Waals surface area contributed by atoms with Gasteiger partial charge in [0.05, 0.1) is 17.6 Å². The van der Waals surface area contributed by atoms with Gasteiger partial charge in [-0.25, -0.2) is 9.37 Å². The highest BCUT2D eigenvalue weighted by atomic mass is 19.1. The Morgan fingerprint density at radius 1 is 1.04 bits per heavy atom. The minimum Gasteiger partial charge on any atom is -0.366 e. The molecule has 3 rings (SSSR count). The zero-order valence-electron chi connectivity index (χ0n) is 15.5. The van der Waals surface area contributed by atoms with Gasteiger partial charge in [0.15, 0.2) is 0 Å². The maximum atomic E-state index is 13.9. The predicted molar refractivity (Wildman–Crippen MR) is 103 cm³/mol. The van der Waals surface area contributed by atoms with Crippen molar-refractivity contribution in [2.24, 2.45) is 5.41 Å². The van der Waals surface area contributed by atoms with Crippen LogP contribution in [0.3, 0.4) is 0 Å². The molecule has 0 atom stereocenters. The summed E-state index contributed by atoms with van der Waals surface area (Å²) in [5, 5.41) is 2.88. The summed E-state index contributed by atoms with van der Waals surface area (Å²) in [5.74, 6) is 0.649. The summed E-state index contributed by atoms with van der Waals surface area (Å²) in [5.41, 5.74) is 0.904. The first kappa shape index (κ1) is 18.2. The molecule has 0 aliphatic carbocycles. The normalized spacial score (nSPS) is 15.1. The van der Waals surface area contributed by atoms with E-state index < -0.39 is 5.41 Å². The molecule has 1 amide bonds. The molecule has 26 heavy (non-hydrogen) atoms. The molecule has 6 heteroatoms. The second-order valence-corrected chi connectivity index (χ2v) is 7.53. The number of anilines is 3. The van der Waals surface area contributed by atoms with Crippen LogP contribution in [0.25, 0.3) is 0 Å². The highest BCUT2D eigenvalue weighted by molar-refractivity contribution is 5.94. The van der Waals surface area contributed by atoms with Crippen molar-refractivity contribution in [2.45, 2.75) is 20.8 Å². The monoisotopic (exact) mass is 356 g/mol. The van der Waals surface area contributed by atoms with Crippen molar-refractivity contribution < 1.29 is 9.18 Å². The summed E-state index contributed by atoms with van der Waals surface area (Å²) in [4.78, 5) is 20.7. The van der Waals surface area contributed by atoms with Crippen LogP contribution >= 0.6 is 0 Å². The second kappa shape index (κ2) is 7.32. The van der Waals surface area contributed by atoms with Gasteiger partial charge in [0.25, 0.3) is 0 Å². The van der Waals surface area contributed by atoms with E-state index in [9.17, 15) is 9.18 Å². The third-order valence-corrected chi connectivity index (χ3v) is 4.48. The van der Waals surface area contributed by atoms with Gasteiger partial charge in [-0.3, -0.25) is 4.79 Å². The molecular formula is C20H25FN4O. The fourth-order valence-corrected chi connectivity index (χ4v) is 2.85. The van der Waals surface area contributed by atoms with E-state index in [1.807, 2.05) is 45.0 Å². The molecule has 1 aliphatic heterocycles. The number of aromatic nitrogens is 1. The number of carbonyl (C=O) groups excluding carboxylic acids is 1. The van der Waals surface area contributed by atoms with Crippen LogP contribution in [-0.4, -0.2) is 37.1 Å². The van der Waals surface area contributed by atoms with E-state index in [-0.39, 0.29) is 11.7 Å². The molecule has 2 aromatic rings. The minimum atomic E-state index is -0.443. The molecule has 0 saturated carbocycles. The van der Waals surface area contributed by atoms with Crippen molar-refractivity contribution in [3.05, 3.63) is 48.4 Å². The average Bonchev–Trinajstić information content (AvgIpc) is 2.62. The molecule has 1 aliphatic rings. The highest BCUT2D eigenvalue weighted by Crippen LogP contribution is 2.23. The van der Waals surface area contributed by atoms with Gasteiger partial charge in [-0.1, -0.05) is 32.9 Å². The van der Waals surface area contributed by atoms with E-state index in [4.69, 9.17) is 0 Å². The predicted octanol–water partition coefficient (Wildman–Crippen LogP) is 3.53. The summed E-state index contributed by atoms with van der Waals surface area (Å²) in [6.07, 6.45) is 1.68. The molecule has 5 nitrogen and oxygen atoms in total. The maximum Gasteiger partial charge on any atom is 0.229 e. The van der Waals surface area contributed by atoms with Crippen LogP contribution in [0.5, 0.6) is 0 Å². The number of para-hydroxylation sites is 1. The van der Waals surface area contributed by atoms with Gasteiger partial charge in [-0.05, 0) is 24.3 Å². The SMILES string of the molecule is CC(C)(C)C(=O)Nc1ccc(N2CCN(c3ccccc3F)CC2)nc1. The number of pyridine rings is 1. The molecule has 1 fully saturated rings. The van der Waals surface area contributed by atoms with E-state index in [2.05, 4.69) is 20.1 Å². The van der Waals surface area contributed by atoms with Crippen molar-refractivity contribution in [3.63, 3.8) is 0 Å². The first-order chi connectivity index (χ1) is 12.3. The molecule has 0 spiro atoms. The Hall–Kier alpha value is -2.63. The topological polar surface area (TPSA) is 48.5 Å². The Morgan fingerprint density at radius 2 is 1.69 bits per heavy atom. The lowest BCUT2D eigenvalue weighted by Crippen LogP contribution is -2.47. The first-order valence-electron chi connectivity index (χ1n) is 8.86. The summed E-state index contributed by atoms with van der Waals surface area (Å²) >= 11 is 0. The van der Waals surface area contributed by atoms with Crippen molar-refractivity contribution >= 4 is 23.1 Å². The fraction of sp³-hybridized carbons (Fsp3) is 0.400. The second-order valence-electron chi connectivity index (χ2n) is 7.53. The minimum absolute atomic E-state index is 0.0365. The summed E-state index contributed by atoms with van der Waals surface area (Å²) in [6.45, 7) is 8.65. The molecule has 0 radical (unpaired) electrons. The number of carbonyl (C=O) groups is 1. The van der Waals surface area contributed by atoms with E-state index in [1.54, 1.807) is 12.3 Å². The van der Waals surface area contributed by atoms with E-state index in [0.717, 1.165) is 32.0 Å². The molecule has 0 unspecified atom stereocenters. The number of nitrogens with one attached hydrogen (secondary N) is 1.